The number of aliphatic hydroxyl groups is 1. The molecule has 0 saturated carbocycles. The van der Waals surface area contributed by atoms with Crippen LogP contribution in [-0.2, 0) is 11.3 Å². The fourth-order valence-corrected chi connectivity index (χ4v) is 2.63. The molecule has 116 valence electrons. The number of ether oxygens (including phenoxy) is 1. The molecule has 1 aliphatic rings. The molecule has 1 aromatic carbocycles. The van der Waals surface area contributed by atoms with Crippen molar-refractivity contribution in [3.8, 4) is 0 Å². The molecule has 2 N–H and O–H groups in total. The molecule has 5 nitrogen and oxygen atoms in total. The number of likely N-dealkylation sites (tertiary alicyclic amines) is 1. The summed E-state index contributed by atoms with van der Waals surface area (Å²) in [6.45, 7) is 4.81. The first-order valence-electron chi connectivity index (χ1n) is 7.54. The average molecular weight is 292 g/mol. The van der Waals surface area contributed by atoms with Crippen LogP contribution < -0.4 is 5.32 Å². The van der Waals surface area contributed by atoms with Crippen LogP contribution in [0, 0.1) is 5.92 Å². The normalized spacial score (nSPS) is 16.4. The van der Waals surface area contributed by atoms with E-state index in [1.165, 1.54) is 0 Å². The molecule has 21 heavy (non-hydrogen) atoms. The third-order valence-corrected chi connectivity index (χ3v) is 3.85. The summed E-state index contributed by atoms with van der Waals surface area (Å²) >= 11 is 0. The Hall–Kier alpha value is -1.59. The fraction of sp³-hybridized carbons (Fsp3) is 0.562. The van der Waals surface area contributed by atoms with Crippen molar-refractivity contribution in [3.05, 3.63) is 35.9 Å². The highest BCUT2D eigenvalue weighted by Gasteiger charge is 2.36. The van der Waals surface area contributed by atoms with Gasteiger partial charge in [0.1, 0.15) is 6.61 Å². The minimum Gasteiger partial charge on any atom is -0.445 e. The Labute approximate surface area is 125 Å². The van der Waals surface area contributed by atoms with E-state index < -0.39 is 0 Å². The van der Waals surface area contributed by atoms with E-state index in [9.17, 15) is 4.79 Å². The smallest absolute Gasteiger partial charge is 0.410 e. The van der Waals surface area contributed by atoms with Gasteiger partial charge in [0.2, 0.25) is 0 Å². The van der Waals surface area contributed by atoms with E-state index in [-0.39, 0.29) is 18.7 Å². The molecule has 1 atom stereocenters. The molecule has 5 heteroatoms. The van der Waals surface area contributed by atoms with Crippen molar-refractivity contribution in [2.45, 2.75) is 26.0 Å². The van der Waals surface area contributed by atoms with Crippen LogP contribution >= 0.6 is 0 Å². The lowest BCUT2D eigenvalue weighted by Crippen LogP contribution is -2.57. The molecule has 1 saturated heterocycles. The summed E-state index contributed by atoms with van der Waals surface area (Å²) in [4.78, 5) is 13.6. The standard InChI is InChI=1S/C16H24N2O3/c1-2-17-15(8-9-19)14-10-18(11-14)16(20)21-12-13-6-4-3-5-7-13/h3-7,14-15,17,19H,2,8-12H2,1H3/t15-/m0/s1. The number of amides is 1. The Morgan fingerprint density at radius 1 is 1.43 bits per heavy atom. The summed E-state index contributed by atoms with van der Waals surface area (Å²) in [5.41, 5.74) is 0.994. The average Bonchev–Trinajstić information content (AvgIpc) is 2.45. The van der Waals surface area contributed by atoms with Gasteiger partial charge in [-0.2, -0.15) is 0 Å². The first kappa shape index (κ1) is 15.8. The molecule has 1 fully saturated rings. The van der Waals surface area contributed by atoms with Gasteiger partial charge in [0, 0.05) is 31.7 Å². The third kappa shape index (κ3) is 4.44. The maximum atomic E-state index is 11.9. The number of nitrogens with zero attached hydrogens (tertiary/aromatic N) is 1. The molecular formula is C16H24N2O3. The van der Waals surface area contributed by atoms with E-state index in [4.69, 9.17) is 9.84 Å². The van der Waals surface area contributed by atoms with E-state index in [0.29, 0.717) is 25.6 Å². The molecule has 2 rings (SSSR count). The van der Waals surface area contributed by atoms with Crippen molar-refractivity contribution >= 4 is 6.09 Å². The Kier molecular flexibility index (Phi) is 6.02. The maximum Gasteiger partial charge on any atom is 0.410 e. The quantitative estimate of drug-likeness (QED) is 0.801. The summed E-state index contributed by atoms with van der Waals surface area (Å²) in [5, 5.41) is 12.4. The van der Waals surface area contributed by atoms with Gasteiger partial charge in [-0.15, -0.1) is 0 Å². The monoisotopic (exact) mass is 292 g/mol. The van der Waals surface area contributed by atoms with E-state index in [2.05, 4.69) is 12.2 Å². The van der Waals surface area contributed by atoms with Crippen molar-refractivity contribution in [2.75, 3.05) is 26.2 Å². The molecule has 1 aliphatic heterocycles. The van der Waals surface area contributed by atoms with E-state index in [0.717, 1.165) is 18.5 Å². The number of nitrogens with one attached hydrogen (secondary N) is 1. The van der Waals surface area contributed by atoms with Crippen molar-refractivity contribution in [1.82, 2.24) is 10.2 Å². The van der Waals surface area contributed by atoms with Gasteiger partial charge in [-0.3, -0.25) is 0 Å². The van der Waals surface area contributed by atoms with Gasteiger partial charge in [-0.05, 0) is 18.5 Å². The van der Waals surface area contributed by atoms with Gasteiger partial charge in [-0.25, -0.2) is 4.79 Å². The molecule has 1 amide bonds. The van der Waals surface area contributed by atoms with Gasteiger partial charge in [-0.1, -0.05) is 37.3 Å². The van der Waals surface area contributed by atoms with Crippen LogP contribution in [-0.4, -0.2) is 48.4 Å². The van der Waals surface area contributed by atoms with Crippen LogP contribution in [0.25, 0.3) is 0 Å². The minimum absolute atomic E-state index is 0.173. The van der Waals surface area contributed by atoms with Gasteiger partial charge in [0.25, 0.3) is 0 Å². The zero-order valence-electron chi connectivity index (χ0n) is 12.5. The van der Waals surface area contributed by atoms with E-state index in [1.807, 2.05) is 30.3 Å². The summed E-state index contributed by atoms with van der Waals surface area (Å²) < 4.78 is 5.30. The van der Waals surface area contributed by atoms with Crippen LogP contribution in [0.5, 0.6) is 0 Å². The molecule has 1 heterocycles. The summed E-state index contributed by atoms with van der Waals surface area (Å²) in [6, 6.07) is 9.95. The van der Waals surface area contributed by atoms with Crippen molar-refractivity contribution in [3.63, 3.8) is 0 Å². The topological polar surface area (TPSA) is 61.8 Å². The molecule has 0 aromatic heterocycles. The zero-order chi connectivity index (χ0) is 15.1. The highest BCUT2D eigenvalue weighted by Crippen LogP contribution is 2.22. The lowest BCUT2D eigenvalue weighted by molar-refractivity contribution is 0.0344. The first-order valence-corrected chi connectivity index (χ1v) is 7.54. The molecule has 0 bridgehead atoms. The van der Waals surface area contributed by atoms with Crippen LogP contribution in [0.15, 0.2) is 30.3 Å². The van der Waals surface area contributed by atoms with E-state index >= 15 is 0 Å². The fourth-order valence-electron chi connectivity index (χ4n) is 2.63. The number of carbonyl (C=O) groups is 1. The molecule has 0 aliphatic carbocycles. The second kappa shape index (κ2) is 8.00. The van der Waals surface area contributed by atoms with Crippen LogP contribution in [0.4, 0.5) is 4.79 Å². The maximum absolute atomic E-state index is 11.9. The Morgan fingerprint density at radius 2 is 2.14 bits per heavy atom. The van der Waals surface area contributed by atoms with Crippen molar-refractivity contribution in [2.24, 2.45) is 5.92 Å². The van der Waals surface area contributed by atoms with Crippen molar-refractivity contribution < 1.29 is 14.6 Å². The second-order valence-electron chi connectivity index (χ2n) is 5.38. The SMILES string of the molecule is CCN[C@@H](CCO)C1CN(C(=O)OCc2ccccc2)C1. The van der Waals surface area contributed by atoms with Gasteiger partial charge in [0.15, 0.2) is 0 Å². The molecular weight excluding hydrogens is 268 g/mol. The van der Waals surface area contributed by atoms with Crippen LogP contribution in [0.3, 0.4) is 0 Å². The first-order chi connectivity index (χ1) is 10.2. The highest BCUT2D eigenvalue weighted by molar-refractivity contribution is 5.68. The number of carbonyl (C=O) groups excluding carboxylic acids is 1. The molecule has 0 unspecified atom stereocenters. The number of benzene rings is 1. The number of hydrogen-bond donors (Lipinski definition) is 2. The second-order valence-corrected chi connectivity index (χ2v) is 5.38. The van der Waals surface area contributed by atoms with Gasteiger partial charge < -0.3 is 20.1 Å². The largest absolute Gasteiger partial charge is 0.445 e. The molecule has 0 spiro atoms. The third-order valence-electron chi connectivity index (χ3n) is 3.85. The summed E-state index contributed by atoms with van der Waals surface area (Å²) in [6.07, 6.45) is 0.472. The lowest BCUT2D eigenvalue weighted by Gasteiger charge is -2.42. The number of aliphatic hydroxyl groups excluding tert-OH is 1. The van der Waals surface area contributed by atoms with Gasteiger partial charge >= 0.3 is 6.09 Å². The van der Waals surface area contributed by atoms with Crippen molar-refractivity contribution in [1.29, 1.82) is 0 Å². The number of rotatable bonds is 7. The predicted molar refractivity (Wildman–Crippen MR) is 80.9 cm³/mol. The number of hydrogen-bond acceptors (Lipinski definition) is 4. The Bertz CT molecular complexity index is 426. The minimum atomic E-state index is -0.255. The highest BCUT2D eigenvalue weighted by atomic mass is 16.6. The van der Waals surface area contributed by atoms with E-state index in [1.54, 1.807) is 4.90 Å². The molecule has 1 aromatic rings. The summed E-state index contributed by atoms with van der Waals surface area (Å²) in [7, 11) is 0. The van der Waals surface area contributed by atoms with Crippen LogP contribution in [0.1, 0.15) is 18.9 Å². The predicted octanol–water partition coefficient (Wildman–Crippen LogP) is 1.62. The zero-order valence-corrected chi connectivity index (χ0v) is 12.5. The lowest BCUT2D eigenvalue weighted by atomic mass is 9.90. The molecule has 0 radical (unpaired) electrons. The van der Waals surface area contributed by atoms with Crippen LogP contribution in [0.2, 0.25) is 0 Å². The Morgan fingerprint density at radius 3 is 2.76 bits per heavy atom. The summed E-state index contributed by atoms with van der Waals surface area (Å²) in [5.74, 6) is 0.404. The van der Waals surface area contributed by atoms with Gasteiger partial charge in [0.05, 0.1) is 0 Å². The Balaban J connectivity index is 1.72.